The van der Waals surface area contributed by atoms with Gasteiger partial charge in [0.15, 0.2) is 0 Å². The number of nitro benzene ring substituents is 1. The monoisotopic (exact) mass is 374 g/mol. The molecule has 0 atom stereocenters. The first-order valence-electron chi connectivity index (χ1n) is 9.98. The van der Waals surface area contributed by atoms with Gasteiger partial charge < -0.3 is 14.7 Å². The van der Waals surface area contributed by atoms with Gasteiger partial charge >= 0.3 is 0 Å². The molecule has 0 N–H and O–H groups in total. The third-order valence-electron chi connectivity index (χ3n) is 5.99. The van der Waals surface area contributed by atoms with Gasteiger partial charge in [0, 0.05) is 63.0 Å². The van der Waals surface area contributed by atoms with Crippen molar-refractivity contribution in [3.05, 3.63) is 33.9 Å². The van der Waals surface area contributed by atoms with Gasteiger partial charge in [-0.25, -0.2) is 0 Å². The zero-order valence-electron chi connectivity index (χ0n) is 16.4. The van der Waals surface area contributed by atoms with Gasteiger partial charge in [0.2, 0.25) is 5.91 Å². The summed E-state index contributed by atoms with van der Waals surface area (Å²) < 4.78 is 0. The smallest absolute Gasteiger partial charge is 0.272 e. The Kier molecular flexibility index (Phi) is 6.31. The Morgan fingerprint density at radius 2 is 1.81 bits per heavy atom. The van der Waals surface area contributed by atoms with E-state index < -0.39 is 0 Å². The third-order valence-corrected chi connectivity index (χ3v) is 5.99. The van der Waals surface area contributed by atoms with E-state index in [9.17, 15) is 14.9 Å². The highest BCUT2D eigenvalue weighted by atomic mass is 16.6. The van der Waals surface area contributed by atoms with Crippen LogP contribution in [0.4, 0.5) is 11.4 Å². The van der Waals surface area contributed by atoms with Crippen LogP contribution in [0, 0.1) is 23.0 Å². The fraction of sp³-hybridized carbons (Fsp3) is 0.650. The summed E-state index contributed by atoms with van der Waals surface area (Å²) in [5, 5.41) is 11.0. The molecule has 7 heteroatoms. The zero-order valence-corrected chi connectivity index (χ0v) is 16.4. The second kappa shape index (κ2) is 8.69. The number of rotatable bonds is 5. The molecule has 0 bridgehead atoms. The van der Waals surface area contributed by atoms with Gasteiger partial charge in [-0.05, 0) is 44.4 Å². The molecule has 0 aliphatic carbocycles. The summed E-state index contributed by atoms with van der Waals surface area (Å²) >= 11 is 0. The first kappa shape index (κ1) is 19.6. The molecule has 0 saturated carbocycles. The van der Waals surface area contributed by atoms with Gasteiger partial charge in [0.1, 0.15) is 0 Å². The minimum absolute atomic E-state index is 0.169. The molecule has 148 valence electrons. The topological polar surface area (TPSA) is 69.9 Å². The number of likely N-dealkylation sites (N-methyl/N-ethyl adjacent to an activating group) is 1. The molecule has 1 aromatic rings. The molecule has 2 aliphatic rings. The molecular formula is C20H30N4O3. The van der Waals surface area contributed by atoms with Gasteiger partial charge in [-0.15, -0.1) is 0 Å². The van der Waals surface area contributed by atoms with Gasteiger partial charge in [-0.1, -0.05) is 6.92 Å². The Morgan fingerprint density at radius 3 is 2.37 bits per heavy atom. The first-order valence-corrected chi connectivity index (χ1v) is 9.98. The summed E-state index contributed by atoms with van der Waals surface area (Å²) in [6.45, 7) is 10.5. The standard InChI is InChI=1S/C20H30N4O3/c1-3-21-10-12-23(13-11-21)20(25)15-17-6-8-22(9-7-17)18-4-5-19(24(26)27)16(2)14-18/h4-5,14,17H,3,6-13,15H2,1-2H3. The maximum absolute atomic E-state index is 12.6. The van der Waals surface area contributed by atoms with Crippen molar-refractivity contribution in [1.29, 1.82) is 0 Å². The van der Waals surface area contributed by atoms with E-state index in [-0.39, 0.29) is 10.6 Å². The lowest BCUT2D eigenvalue weighted by molar-refractivity contribution is -0.385. The summed E-state index contributed by atoms with van der Waals surface area (Å²) in [4.78, 5) is 29.9. The molecule has 27 heavy (non-hydrogen) atoms. The van der Waals surface area contributed by atoms with Crippen molar-refractivity contribution < 1.29 is 9.72 Å². The summed E-state index contributed by atoms with van der Waals surface area (Å²) in [6.07, 6.45) is 2.65. The Morgan fingerprint density at radius 1 is 1.15 bits per heavy atom. The molecule has 2 saturated heterocycles. The average molecular weight is 374 g/mol. The number of carbonyl (C=O) groups excluding carboxylic acids is 1. The predicted molar refractivity (Wildman–Crippen MR) is 106 cm³/mol. The fourth-order valence-corrected chi connectivity index (χ4v) is 4.13. The van der Waals surface area contributed by atoms with Crippen LogP contribution in [-0.2, 0) is 4.79 Å². The second-order valence-electron chi connectivity index (χ2n) is 7.68. The van der Waals surface area contributed by atoms with Crippen LogP contribution in [-0.4, -0.2) is 66.4 Å². The van der Waals surface area contributed by atoms with Crippen molar-refractivity contribution in [2.75, 3.05) is 50.7 Å². The number of amides is 1. The van der Waals surface area contributed by atoms with Crippen molar-refractivity contribution in [3.63, 3.8) is 0 Å². The van der Waals surface area contributed by atoms with E-state index in [1.807, 2.05) is 17.0 Å². The van der Waals surface area contributed by atoms with E-state index in [2.05, 4.69) is 16.7 Å². The van der Waals surface area contributed by atoms with Gasteiger partial charge in [0.05, 0.1) is 4.92 Å². The Hall–Kier alpha value is -2.15. The van der Waals surface area contributed by atoms with Crippen molar-refractivity contribution in [2.45, 2.75) is 33.1 Å². The summed E-state index contributed by atoms with van der Waals surface area (Å²) in [5.74, 6) is 0.743. The van der Waals surface area contributed by atoms with E-state index in [0.29, 0.717) is 23.8 Å². The van der Waals surface area contributed by atoms with Gasteiger partial charge in [0.25, 0.3) is 5.69 Å². The lowest BCUT2D eigenvalue weighted by Gasteiger charge is -2.37. The molecule has 2 aliphatic heterocycles. The quantitative estimate of drug-likeness (QED) is 0.585. The summed E-state index contributed by atoms with van der Waals surface area (Å²) in [7, 11) is 0. The molecule has 7 nitrogen and oxygen atoms in total. The largest absolute Gasteiger partial charge is 0.372 e. The first-order chi connectivity index (χ1) is 13.0. The maximum Gasteiger partial charge on any atom is 0.272 e. The van der Waals surface area contributed by atoms with Crippen LogP contribution in [0.1, 0.15) is 31.7 Å². The summed E-state index contributed by atoms with van der Waals surface area (Å²) in [6, 6.07) is 5.33. The molecule has 0 unspecified atom stereocenters. The number of hydrogen-bond acceptors (Lipinski definition) is 5. The molecule has 0 radical (unpaired) electrons. The highest BCUT2D eigenvalue weighted by molar-refractivity contribution is 5.76. The van der Waals surface area contributed by atoms with Crippen LogP contribution in [0.15, 0.2) is 18.2 Å². The number of anilines is 1. The van der Waals surface area contributed by atoms with Crippen LogP contribution < -0.4 is 4.90 Å². The van der Waals surface area contributed by atoms with Crippen molar-refractivity contribution in [2.24, 2.45) is 5.92 Å². The molecule has 1 aromatic carbocycles. The van der Waals surface area contributed by atoms with E-state index >= 15 is 0 Å². The number of piperidine rings is 1. The Bertz CT molecular complexity index is 678. The lowest BCUT2D eigenvalue weighted by Crippen LogP contribution is -2.49. The highest BCUT2D eigenvalue weighted by Crippen LogP contribution is 2.29. The summed E-state index contributed by atoms with van der Waals surface area (Å²) in [5.41, 5.74) is 1.90. The van der Waals surface area contributed by atoms with Crippen molar-refractivity contribution in [1.82, 2.24) is 9.80 Å². The molecule has 2 heterocycles. The maximum atomic E-state index is 12.6. The van der Waals surface area contributed by atoms with Crippen LogP contribution in [0.3, 0.4) is 0 Å². The number of benzene rings is 1. The van der Waals surface area contributed by atoms with E-state index in [1.165, 1.54) is 0 Å². The SMILES string of the molecule is CCN1CCN(C(=O)CC2CCN(c3ccc([N+](=O)[O-])c(C)c3)CC2)CC1. The third kappa shape index (κ3) is 4.77. The average Bonchev–Trinajstić information content (AvgIpc) is 2.68. The van der Waals surface area contributed by atoms with Crippen molar-refractivity contribution in [3.8, 4) is 0 Å². The van der Waals surface area contributed by atoms with Crippen LogP contribution >= 0.6 is 0 Å². The number of hydrogen-bond donors (Lipinski definition) is 0. The van der Waals surface area contributed by atoms with Crippen LogP contribution in [0.2, 0.25) is 0 Å². The molecular weight excluding hydrogens is 344 g/mol. The minimum atomic E-state index is -0.336. The lowest BCUT2D eigenvalue weighted by atomic mass is 9.92. The Labute approximate surface area is 161 Å². The molecule has 0 aromatic heterocycles. The fourth-order valence-electron chi connectivity index (χ4n) is 4.13. The number of nitrogens with zero attached hydrogens (tertiary/aromatic N) is 4. The van der Waals surface area contributed by atoms with Crippen molar-refractivity contribution >= 4 is 17.3 Å². The van der Waals surface area contributed by atoms with Crippen LogP contribution in [0.5, 0.6) is 0 Å². The molecule has 0 spiro atoms. The molecule has 2 fully saturated rings. The van der Waals surface area contributed by atoms with E-state index in [0.717, 1.165) is 64.3 Å². The normalized spacial score (nSPS) is 19.3. The van der Waals surface area contributed by atoms with Crippen LogP contribution in [0.25, 0.3) is 0 Å². The van der Waals surface area contributed by atoms with E-state index in [1.54, 1.807) is 13.0 Å². The second-order valence-corrected chi connectivity index (χ2v) is 7.68. The van der Waals surface area contributed by atoms with E-state index in [4.69, 9.17) is 0 Å². The number of piperazine rings is 1. The minimum Gasteiger partial charge on any atom is -0.372 e. The Balaban J connectivity index is 1.48. The highest BCUT2D eigenvalue weighted by Gasteiger charge is 2.26. The number of carbonyl (C=O) groups is 1. The number of nitro groups is 1. The van der Waals surface area contributed by atoms with Gasteiger partial charge in [-0.3, -0.25) is 14.9 Å². The predicted octanol–water partition coefficient (Wildman–Crippen LogP) is 2.67. The zero-order chi connectivity index (χ0) is 19.4. The van der Waals surface area contributed by atoms with Gasteiger partial charge in [-0.2, -0.15) is 0 Å². The molecule has 3 rings (SSSR count). The number of aryl methyl sites for hydroxylation is 1. The molecule has 1 amide bonds.